The van der Waals surface area contributed by atoms with Crippen molar-refractivity contribution in [3.05, 3.63) is 59.2 Å². The van der Waals surface area contributed by atoms with Gasteiger partial charge in [0, 0.05) is 12.0 Å². The third-order valence-electron chi connectivity index (χ3n) is 3.71. The SMILES string of the molecule is CCCOc1ccc(C(O)c2cccc3c2OCC3)cc1. The van der Waals surface area contributed by atoms with E-state index in [0.29, 0.717) is 13.2 Å². The highest BCUT2D eigenvalue weighted by Gasteiger charge is 2.21. The Labute approximate surface area is 125 Å². The van der Waals surface area contributed by atoms with E-state index in [1.165, 1.54) is 5.56 Å². The van der Waals surface area contributed by atoms with E-state index < -0.39 is 6.10 Å². The Morgan fingerprint density at radius 2 is 2.00 bits per heavy atom. The standard InChI is InChI=1S/C18H20O3/c1-2-11-20-15-8-6-13(7-9-15)17(19)16-5-3-4-14-10-12-21-18(14)16/h3-9,17,19H,2,10-12H2,1H3. The lowest BCUT2D eigenvalue weighted by Crippen LogP contribution is -2.02. The Morgan fingerprint density at radius 3 is 2.76 bits per heavy atom. The summed E-state index contributed by atoms with van der Waals surface area (Å²) in [6, 6.07) is 13.6. The maximum absolute atomic E-state index is 10.6. The van der Waals surface area contributed by atoms with Gasteiger partial charge in [-0.3, -0.25) is 0 Å². The highest BCUT2D eigenvalue weighted by atomic mass is 16.5. The molecule has 3 heteroatoms. The zero-order valence-electron chi connectivity index (χ0n) is 12.2. The molecule has 0 amide bonds. The fourth-order valence-corrected chi connectivity index (χ4v) is 2.60. The van der Waals surface area contributed by atoms with Crippen LogP contribution >= 0.6 is 0 Å². The fraction of sp³-hybridized carbons (Fsp3) is 0.333. The van der Waals surface area contributed by atoms with Crippen LogP contribution in [0.15, 0.2) is 42.5 Å². The van der Waals surface area contributed by atoms with Gasteiger partial charge >= 0.3 is 0 Å². The smallest absolute Gasteiger partial charge is 0.128 e. The maximum Gasteiger partial charge on any atom is 0.128 e. The summed E-state index contributed by atoms with van der Waals surface area (Å²) in [4.78, 5) is 0. The lowest BCUT2D eigenvalue weighted by Gasteiger charge is -2.15. The molecular weight excluding hydrogens is 264 g/mol. The first-order valence-corrected chi connectivity index (χ1v) is 7.45. The van der Waals surface area contributed by atoms with Gasteiger partial charge in [0.2, 0.25) is 0 Å². The Morgan fingerprint density at radius 1 is 1.19 bits per heavy atom. The molecule has 0 fully saturated rings. The van der Waals surface area contributed by atoms with Gasteiger partial charge in [0.05, 0.1) is 13.2 Å². The molecule has 3 nitrogen and oxygen atoms in total. The number of rotatable bonds is 5. The zero-order chi connectivity index (χ0) is 14.7. The van der Waals surface area contributed by atoms with Crippen molar-refractivity contribution < 1.29 is 14.6 Å². The van der Waals surface area contributed by atoms with Gasteiger partial charge in [-0.25, -0.2) is 0 Å². The topological polar surface area (TPSA) is 38.7 Å². The molecule has 0 saturated heterocycles. The third kappa shape index (κ3) is 2.88. The van der Waals surface area contributed by atoms with E-state index in [9.17, 15) is 5.11 Å². The van der Waals surface area contributed by atoms with Gasteiger partial charge < -0.3 is 14.6 Å². The summed E-state index contributed by atoms with van der Waals surface area (Å²) in [6.07, 6.45) is 1.23. The molecule has 1 N–H and O–H groups in total. The van der Waals surface area contributed by atoms with Crippen molar-refractivity contribution in [2.75, 3.05) is 13.2 Å². The van der Waals surface area contributed by atoms with E-state index in [1.807, 2.05) is 36.4 Å². The van der Waals surface area contributed by atoms with Gasteiger partial charge in [-0.05, 0) is 29.7 Å². The monoisotopic (exact) mass is 284 g/mol. The summed E-state index contributed by atoms with van der Waals surface area (Å²) in [6.45, 7) is 3.49. The molecule has 1 aliphatic rings. The average Bonchev–Trinajstić information content (AvgIpc) is 3.01. The number of aliphatic hydroxyl groups is 1. The van der Waals surface area contributed by atoms with E-state index in [2.05, 4.69) is 13.0 Å². The molecule has 2 aromatic carbocycles. The summed E-state index contributed by atoms with van der Waals surface area (Å²) >= 11 is 0. The van der Waals surface area contributed by atoms with Crippen LogP contribution in [0.25, 0.3) is 0 Å². The van der Waals surface area contributed by atoms with Crippen molar-refractivity contribution in [1.82, 2.24) is 0 Å². The molecule has 0 spiro atoms. The molecule has 2 aromatic rings. The van der Waals surface area contributed by atoms with Crippen LogP contribution < -0.4 is 9.47 Å². The van der Waals surface area contributed by atoms with Crippen LogP contribution in [-0.4, -0.2) is 18.3 Å². The Kier molecular flexibility index (Phi) is 4.11. The lowest BCUT2D eigenvalue weighted by molar-refractivity contribution is 0.213. The van der Waals surface area contributed by atoms with Crippen LogP contribution in [0.5, 0.6) is 11.5 Å². The van der Waals surface area contributed by atoms with Crippen LogP contribution in [0.2, 0.25) is 0 Å². The quantitative estimate of drug-likeness (QED) is 0.913. The zero-order valence-corrected chi connectivity index (χ0v) is 12.2. The minimum absolute atomic E-state index is 0.668. The fourth-order valence-electron chi connectivity index (χ4n) is 2.60. The molecule has 110 valence electrons. The lowest BCUT2D eigenvalue weighted by atomic mass is 9.98. The number of hydrogen-bond acceptors (Lipinski definition) is 3. The number of fused-ring (bicyclic) bond motifs is 1. The summed E-state index contributed by atoms with van der Waals surface area (Å²) in [5, 5.41) is 10.6. The Hall–Kier alpha value is -2.00. The number of para-hydroxylation sites is 1. The highest BCUT2D eigenvalue weighted by molar-refractivity contribution is 5.48. The molecule has 1 aliphatic heterocycles. The van der Waals surface area contributed by atoms with Gasteiger partial charge in [-0.15, -0.1) is 0 Å². The molecule has 1 atom stereocenters. The maximum atomic E-state index is 10.6. The number of aliphatic hydroxyl groups excluding tert-OH is 1. The molecule has 21 heavy (non-hydrogen) atoms. The van der Waals surface area contributed by atoms with Crippen molar-refractivity contribution >= 4 is 0 Å². The first kappa shape index (κ1) is 14.0. The van der Waals surface area contributed by atoms with Crippen molar-refractivity contribution in [2.24, 2.45) is 0 Å². The normalized spacial score (nSPS) is 14.4. The number of benzene rings is 2. The van der Waals surface area contributed by atoms with Crippen molar-refractivity contribution in [3.63, 3.8) is 0 Å². The van der Waals surface area contributed by atoms with Crippen LogP contribution in [0.1, 0.15) is 36.1 Å². The first-order chi connectivity index (χ1) is 10.3. The summed E-state index contributed by atoms with van der Waals surface area (Å²) in [5.41, 5.74) is 2.87. The molecule has 1 unspecified atom stereocenters. The molecule has 0 radical (unpaired) electrons. The van der Waals surface area contributed by atoms with Crippen molar-refractivity contribution in [1.29, 1.82) is 0 Å². The molecule has 0 aliphatic carbocycles. The molecule has 0 aromatic heterocycles. The van der Waals surface area contributed by atoms with E-state index in [4.69, 9.17) is 9.47 Å². The van der Waals surface area contributed by atoms with Gasteiger partial charge in [0.25, 0.3) is 0 Å². The van der Waals surface area contributed by atoms with Crippen molar-refractivity contribution in [2.45, 2.75) is 25.9 Å². The van der Waals surface area contributed by atoms with Gasteiger partial charge in [-0.2, -0.15) is 0 Å². The molecular formula is C18H20O3. The second-order valence-electron chi connectivity index (χ2n) is 5.25. The predicted octanol–water partition coefficient (Wildman–Crippen LogP) is 3.49. The molecule has 0 bridgehead atoms. The Balaban J connectivity index is 1.82. The predicted molar refractivity (Wildman–Crippen MR) is 81.9 cm³/mol. The molecule has 0 saturated carbocycles. The first-order valence-electron chi connectivity index (χ1n) is 7.45. The highest BCUT2D eigenvalue weighted by Crippen LogP contribution is 2.36. The minimum atomic E-state index is -0.668. The van der Waals surface area contributed by atoms with Gasteiger partial charge in [0.1, 0.15) is 17.6 Å². The summed E-state index contributed by atoms with van der Waals surface area (Å²) in [5.74, 6) is 1.68. The van der Waals surface area contributed by atoms with Crippen molar-refractivity contribution in [3.8, 4) is 11.5 Å². The third-order valence-corrected chi connectivity index (χ3v) is 3.71. The van der Waals surface area contributed by atoms with Crippen LogP contribution in [0.3, 0.4) is 0 Å². The van der Waals surface area contributed by atoms with Crippen LogP contribution in [0.4, 0.5) is 0 Å². The van der Waals surface area contributed by atoms with Gasteiger partial charge in [0.15, 0.2) is 0 Å². The second-order valence-corrected chi connectivity index (χ2v) is 5.25. The van der Waals surface area contributed by atoms with Crippen LogP contribution in [-0.2, 0) is 6.42 Å². The minimum Gasteiger partial charge on any atom is -0.494 e. The van der Waals surface area contributed by atoms with E-state index >= 15 is 0 Å². The molecule has 3 rings (SSSR count). The van der Waals surface area contributed by atoms with E-state index in [0.717, 1.165) is 35.5 Å². The largest absolute Gasteiger partial charge is 0.494 e. The van der Waals surface area contributed by atoms with Crippen LogP contribution in [0, 0.1) is 0 Å². The van der Waals surface area contributed by atoms with Gasteiger partial charge in [-0.1, -0.05) is 37.3 Å². The Bertz CT molecular complexity index is 604. The summed E-state index contributed by atoms with van der Waals surface area (Å²) < 4.78 is 11.2. The average molecular weight is 284 g/mol. The number of ether oxygens (including phenoxy) is 2. The van der Waals surface area contributed by atoms with E-state index in [1.54, 1.807) is 0 Å². The van der Waals surface area contributed by atoms with E-state index in [-0.39, 0.29) is 0 Å². The number of hydrogen-bond donors (Lipinski definition) is 1. The molecule has 1 heterocycles. The summed E-state index contributed by atoms with van der Waals surface area (Å²) in [7, 11) is 0. The second kappa shape index (κ2) is 6.19.